The molecule has 20 heavy (non-hydrogen) atoms. The van der Waals surface area contributed by atoms with Crippen molar-refractivity contribution in [1.82, 2.24) is 5.32 Å². The van der Waals surface area contributed by atoms with Crippen LogP contribution in [0, 0.1) is 5.92 Å². The monoisotopic (exact) mass is 272 g/mol. The summed E-state index contributed by atoms with van der Waals surface area (Å²) in [5.74, 6) is 1.04. The molecule has 0 radical (unpaired) electrons. The largest absolute Gasteiger partial charge is 0.373 e. The molecule has 1 heterocycles. The Balaban J connectivity index is 1.52. The molecule has 108 valence electrons. The molecule has 0 saturated heterocycles. The minimum Gasteiger partial charge on any atom is -0.373 e. The van der Waals surface area contributed by atoms with Gasteiger partial charge in [0, 0.05) is 18.2 Å². The standard InChI is InChI=1S/C17H24N2O/c1-2-12-7-9-14(10-8-12)18-17(20)16-11-13-5-3-4-6-15(13)19-16/h3-6,12,14,16,19H,2,7-11H2,1H3,(H,18,20)/t12?,14?,16-/m0/s1. The predicted octanol–water partition coefficient (Wildman–Crippen LogP) is 3.11. The number of para-hydroxylation sites is 1. The number of carbonyl (C=O) groups excluding carboxylic acids is 1. The zero-order valence-electron chi connectivity index (χ0n) is 12.2. The van der Waals surface area contributed by atoms with E-state index in [0.29, 0.717) is 6.04 Å². The lowest BCUT2D eigenvalue weighted by Gasteiger charge is -2.29. The Morgan fingerprint density at radius 3 is 2.70 bits per heavy atom. The van der Waals surface area contributed by atoms with E-state index >= 15 is 0 Å². The summed E-state index contributed by atoms with van der Waals surface area (Å²) in [5, 5.41) is 6.57. The molecular weight excluding hydrogens is 248 g/mol. The number of carbonyl (C=O) groups is 1. The first kappa shape index (κ1) is 13.5. The van der Waals surface area contributed by atoms with Crippen LogP contribution < -0.4 is 10.6 Å². The summed E-state index contributed by atoms with van der Waals surface area (Å²) in [6.07, 6.45) is 6.90. The number of fused-ring (bicyclic) bond motifs is 1. The van der Waals surface area contributed by atoms with Crippen molar-refractivity contribution >= 4 is 11.6 Å². The van der Waals surface area contributed by atoms with E-state index in [0.717, 1.165) is 30.9 Å². The predicted molar refractivity (Wildman–Crippen MR) is 81.7 cm³/mol. The molecule has 0 bridgehead atoms. The van der Waals surface area contributed by atoms with Gasteiger partial charge in [0.15, 0.2) is 0 Å². The average molecular weight is 272 g/mol. The molecule has 1 atom stereocenters. The highest BCUT2D eigenvalue weighted by Gasteiger charge is 2.29. The van der Waals surface area contributed by atoms with E-state index in [1.807, 2.05) is 12.1 Å². The number of nitrogens with one attached hydrogen (secondary N) is 2. The summed E-state index contributed by atoms with van der Waals surface area (Å²) in [6.45, 7) is 2.27. The molecular formula is C17H24N2O. The highest BCUT2D eigenvalue weighted by molar-refractivity contribution is 5.87. The third-order valence-electron chi connectivity index (χ3n) is 4.86. The van der Waals surface area contributed by atoms with Gasteiger partial charge in [0.25, 0.3) is 0 Å². The highest BCUT2D eigenvalue weighted by atomic mass is 16.2. The smallest absolute Gasteiger partial charge is 0.243 e. The Labute approximate surface area is 121 Å². The van der Waals surface area contributed by atoms with Crippen molar-refractivity contribution in [2.75, 3.05) is 5.32 Å². The fraction of sp³-hybridized carbons (Fsp3) is 0.588. The van der Waals surface area contributed by atoms with E-state index in [4.69, 9.17) is 0 Å². The minimum atomic E-state index is -0.0868. The van der Waals surface area contributed by atoms with Crippen LogP contribution in [0.2, 0.25) is 0 Å². The van der Waals surface area contributed by atoms with Gasteiger partial charge in [-0.15, -0.1) is 0 Å². The van der Waals surface area contributed by atoms with E-state index in [-0.39, 0.29) is 11.9 Å². The molecule has 1 amide bonds. The molecule has 3 nitrogen and oxygen atoms in total. The van der Waals surface area contributed by atoms with Gasteiger partial charge in [-0.1, -0.05) is 31.5 Å². The van der Waals surface area contributed by atoms with E-state index < -0.39 is 0 Å². The molecule has 0 spiro atoms. The van der Waals surface area contributed by atoms with Crippen LogP contribution in [-0.4, -0.2) is 18.0 Å². The Morgan fingerprint density at radius 2 is 2.00 bits per heavy atom. The third-order valence-corrected chi connectivity index (χ3v) is 4.86. The van der Waals surface area contributed by atoms with Crippen LogP contribution in [0.3, 0.4) is 0 Å². The Hall–Kier alpha value is -1.51. The van der Waals surface area contributed by atoms with Crippen LogP contribution in [0.15, 0.2) is 24.3 Å². The van der Waals surface area contributed by atoms with Crippen LogP contribution >= 0.6 is 0 Å². The average Bonchev–Trinajstić information content (AvgIpc) is 2.92. The zero-order valence-corrected chi connectivity index (χ0v) is 12.2. The van der Waals surface area contributed by atoms with Crippen molar-refractivity contribution in [2.24, 2.45) is 5.92 Å². The van der Waals surface area contributed by atoms with Gasteiger partial charge in [-0.3, -0.25) is 4.79 Å². The van der Waals surface area contributed by atoms with Gasteiger partial charge in [0.1, 0.15) is 6.04 Å². The maximum atomic E-state index is 12.4. The molecule has 1 aliphatic heterocycles. The molecule has 1 aromatic rings. The maximum absolute atomic E-state index is 12.4. The van der Waals surface area contributed by atoms with Crippen LogP contribution in [-0.2, 0) is 11.2 Å². The van der Waals surface area contributed by atoms with Gasteiger partial charge in [0.2, 0.25) is 5.91 Å². The number of amides is 1. The zero-order chi connectivity index (χ0) is 13.9. The van der Waals surface area contributed by atoms with Crippen LogP contribution in [0.1, 0.15) is 44.6 Å². The normalized spacial score (nSPS) is 28.6. The van der Waals surface area contributed by atoms with E-state index in [1.165, 1.54) is 24.8 Å². The van der Waals surface area contributed by atoms with Gasteiger partial charge in [-0.05, 0) is 43.2 Å². The highest BCUT2D eigenvalue weighted by Crippen LogP contribution is 2.28. The van der Waals surface area contributed by atoms with E-state index in [1.54, 1.807) is 0 Å². The van der Waals surface area contributed by atoms with Gasteiger partial charge >= 0.3 is 0 Å². The molecule has 2 aliphatic rings. The van der Waals surface area contributed by atoms with Crippen LogP contribution in [0.5, 0.6) is 0 Å². The van der Waals surface area contributed by atoms with E-state index in [9.17, 15) is 4.79 Å². The Morgan fingerprint density at radius 1 is 1.25 bits per heavy atom. The van der Waals surface area contributed by atoms with Crippen molar-refractivity contribution in [3.8, 4) is 0 Å². The lowest BCUT2D eigenvalue weighted by atomic mass is 9.84. The van der Waals surface area contributed by atoms with Crippen LogP contribution in [0.4, 0.5) is 5.69 Å². The van der Waals surface area contributed by atoms with Gasteiger partial charge in [-0.25, -0.2) is 0 Å². The fourth-order valence-corrected chi connectivity index (χ4v) is 3.47. The van der Waals surface area contributed by atoms with Crippen molar-refractivity contribution in [3.05, 3.63) is 29.8 Å². The van der Waals surface area contributed by atoms with Gasteiger partial charge < -0.3 is 10.6 Å². The lowest BCUT2D eigenvalue weighted by molar-refractivity contribution is -0.122. The molecule has 1 aliphatic carbocycles. The summed E-state index contributed by atoms with van der Waals surface area (Å²) in [4.78, 5) is 12.4. The first-order chi connectivity index (χ1) is 9.76. The van der Waals surface area contributed by atoms with Crippen molar-refractivity contribution in [2.45, 2.75) is 57.5 Å². The molecule has 0 unspecified atom stereocenters. The van der Waals surface area contributed by atoms with E-state index in [2.05, 4.69) is 29.7 Å². The van der Waals surface area contributed by atoms with Crippen LogP contribution in [0.25, 0.3) is 0 Å². The molecule has 1 fully saturated rings. The maximum Gasteiger partial charge on any atom is 0.243 e. The third kappa shape index (κ3) is 2.82. The molecule has 3 rings (SSSR count). The number of benzene rings is 1. The second-order valence-electron chi connectivity index (χ2n) is 6.19. The SMILES string of the molecule is CCC1CCC(NC(=O)[C@@H]2Cc3ccccc3N2)CC1. The molecule has 1 saturated carbocycles. The first-order valence-corrected chi connectivity index (χ1v) is 7.91. The van der Waals surface area contributed by atoms with Gasteiger partial charge in [0.05, 0.1) is 0 Å². The number of hydrogen-bond acceptors (Lipinski definition) is 2. The summed E-state index contributed by atoms with van der Waals surface area (Å²) in [7, 11) is 0. The number of rotatable bonds is 3. The summed E-state index contributed by atoms with van der Waals surface area (Å²) < 4.78 is 0. The summed E-state index contributed by atoms with van der Waals surface area (Å²) in [5.41, 5.74) is 2.37. The Kier molecular flexibility index (Phi) is 3.95. The molecule has 2 N–H and O–H groups in total. The minimum absolute atomic E-state index is 0.0868. The quantitative estimate of drug-likeness (QED) is 0.887. The Bertz CT molecular complexity index is 453. The summed E-state index contributed by atoms with van der Waals surface area (Å²) in [6, 6.07) is 8.49. The summed E-state index contributed by atoms with van der Waals surface area (Å²) >= 11 is 0. The molecule has 1 aromatic carbocycles. The van der Waals surface area contributed by atoms with Crippen molar-refractivity contribution in [1.29, 1.82) is 0 Å². The fourth-order valence-electron chi connectivity index (χ4n) is 3.47. The van der Waals surface area contributed by atoms with Gasteiger partial charge in [-0.2, -0.15) is 0 Å². The number of anilines is 1. The second-order valence-corrected chi connectivity index (χ2v) is 6.19. The van der Waals surface area contributed by atoms with Crippen molar-refractivity contribution < 1.29 is 4.79 Å². The topological polar surface area (TPSA) is 41.1 Å². The lowest BCUT2D eigenvalue weighted by Crippen LogP contribution is -2.45. The molecule has 3 heteroatoms. The molecule has 0 aromatic heterocycles. The second kappa shape index (κ2) is 5.86. The first-order valence-electron chi connectivity index (χ1n) is 7.91. The number of hydrogen-bond donors (Lipinski definition) is 2. The van der Waals surface area contributed by atoms with Crippen molar-refractivity contribution in [3.63, 3.8) is 0 Å².